The van der Waals surface area contributed by atoms with Gasteiger partial charge < -0.3 is 19.7 Å². The topological polar surface area (TPSA) is 104 Å². The molecule has 2 aliphatic heterocycles. The lowest BCUT2D eigenvalue weighted by atomic mass is 9.87. The van der Waals surface area contributed by atoms with Crippen LogP contribution in [0.3, 0.4) is 0 Å². The zero-order valence-electron chi connectivity index (χ0n) is 16.7. The summed E-state index contributed by atoms with van der Waals surface area (Å²) in [6, 6.07) is 3.68. The van der Waals surface area contributed by atoms with E-state index in [9.17, 15) is 14.3 Å². The van der Waals surface area contributed by atoms with E-state index in [-0.39, 0.29) is 40.0 Å². The molecule has 0 spiro atoms. The van der Waals surface area contributed by atoms with Gasteiger partial charge in [0.1, 0.15) is 17.5 Å². The zero-order chi connectivity index (χ0) is 21.0. The number of hydrogen-bond donors (Lipinski definition) is 2. The van der Waals surface area contributed by atoms with Crippen LogP contribution in [0.2, 0.25) is 0 Å². The van der Waals surface area contributed by atoms with Crippen molar-refractivity contribution in [2.24, 2.45) is 0 Å². The lowest BCUT2D eigenvalue weighted by Crippen LogP contribution is -2.60. The van der Waals surface area contributed by atoms with E-state index in [1.54, 1.807) is 11.9 Å². The highest BCUT2D eigenvalue weighted by molar-refractivity contribution is 5.84. The van der Waals surface area contributed by atoms with Crippen molar-refractivity contribution in [1.29, 1.82) is 0 Å². The quantitative estimate of drug-likeness (QED) is 0.677. The Hall–Kier alpha value is -3.07. The fourth-order valence-electron chi connectivity index (χ4n) is 4.68. The van der Waals surface area contributed by atoms with Crippen molar-refractivity contribution >= 4 is 16.8 Å². The minimum absolute atomic E-state index is 0.0617. The highest BCUT2D eigenvalue weighted by atomic mass is 19.1. The Balaban J connectivity index is 1.44. The number of phenolic OH excluding ortho intramolecular Hbond substituents is 1. The van der Waals surface area contributed by atoms with Crippen LogP contribution in [0.25, 0.3) is 22.4 Å². The first kappa shape index (κ1) is 18.9. The Morgan fingerprint density at radius 1 is 1.37 bits per heavy atom. The second kappa shape index (κ2) is 6.73. The van der Waals surface area contributed by atoms with E-state index < -0.39 is 6.17 Å². The maximum Gasteiger partial charge on any atom is 0.192 e. The van der Waals surface area contributed by atoms with Gasteiger partial charge >= 0.3 is 0 Å². The smallest absolute Gasteiger partial charge is 0.192 e. The van der Waals surface area contributed by atoms with Crippen LogP contribution in [-0.4, -0.2) is 51.1 Å². The number of anilines is 1. The molecule has 4 heterocycles. The molecule has 0 amide bonds. The Labute approximate surface area is 171 Å². The van der Waals surface area contributed by atoms with Gasteiger partial charge in [-0.2, -0.15) is 0 Å². The zero-order valence-corrected chi connectivity index (χ0v) is 16.7. The van der Waals surface area contributed by atoms with Crippen LogP contribution in [-0.2, 0) is 0 Å². The standard InChI is InChI=1S/C21H22FN5O3/c1-21-5-3-13(24-21)19(22)14(9-21)27(2)18-10-23-20(26-25-18)12-8-17-11(7-16(12)29)15(28)4-6-30-17/h4,6-8,10,13-14,19,24,29H,3,5,9H2,1-2H3/t13?,14-,19+,21-/m0/s1. The molecule has 0 aliphatic carbocycles. The molecular formula is C21H22FN5O3. The fourth-order valence-corrected chi connectivity index (χ4v) is 4.68. The molecule has 3 aromatic rings. The van der Waals surface area contributed by atoms with Crippen molar-refractivity contribution in [2.75, 3.05) is 11.9 Å². The normalized spacial score (nSPS) is 28.0. The van der Waals surface area contributed by atoms with Crippen LogP contribution in [0.1, 0.15) is 26.2 Å². The first-order valence-corrected chi connectivity index (χ1v) is 9.94. The molecular weight excluding hydrogens is 389 g/mol. The SMILES string of the molecule is CN(c1cnc(-c2cc3occc(=O)c3cc2O)nn1)[C@H]1C[C@]2(C)CCC(N2)[C@H]1F. The van der Waals surface area contributed by atoms with Gasteiger partial charge in [0, 0.05) is 24.7 Å². The number of benzene rings is 1. The first-order valence-electron chi connectivity index (χ1n) is 9.94. The maximum absolute atomic E-state index is 15.0. The summed E-state index contributed by atoms with van der Waals surface area (Å²) in [6.45, 7) is 2.13. The molecule has 1 aromatic carbocycles. The molecule has 0 radical (unpaired) electrons. The number of rotatable bonds is 3. The minimum Gasteiger partial charge on any atom is -0.507 e. The van der Waals surface area contributed by atoms with Gasteiger partial charge in [-0.15, -0.1) is 10.2 Å². The van der Waals surface area contributed by atoms with Crippen molar-refractivity contribution < 1.29 is 13.9 Å². The predicted molar refractivity (Wildman–Crippen MR) is 109 cm³/mol. The molecule has 0 saturated carbocycles. The molecule has 9 heteroatoms. The Kier molecular flexibility index (Phi) is 4.25. The average molecular weight is 411 g/mol. The van der Waals surface area contributed by atoms with Crippen LogP contribution in [0, 0.1) is 0 Å². The van der Waals surface area contributed by atoms with E-state index in [0.29, 0.717) is 23.4 Å². The van der Waals surface area contributed by atoms with Gasteiger partial charge in [-0.25, -0.2) is 9.37 Å². The molecule has 2 bridgehead atoms. The average Bonchev–Trinajstić information content (AvgIpc) is 3.08. The van der Waals surface area contributed by atoms with Crippen LogP contribution in [0.15, 0.2) is 39.9 Å². The van der Waals surface area contributed by atoms with Gasteiger partial charge in [-0.3, -0.25) is 4.79 Å². The molecule has 8 nitrogen and oxygen atoms in total. The van der Waals surface area contributed by atoms with Gasteiger partial charge in [0.05, 0.1) is 29.5 Å². The molecule has 2 aliphatic rings. The molecule has 30 heavy (non-hydrogen) atoms. The molecule has 2 N–H and O–H groups in total. The van der Waals surface area contributed by atoms with Crippen molar-refractivity contribution in [3.05, 3.63) is 40.9 Å². The summed E-state index contributed by atoms with van der Waals surface area (Å²) >= 11 is 0. The number of aromatic nitrogens is 3. The number of hydrogen-bond acceptors (Lipinski definition) is 8. The van der Waals surface area contributed by atoms with Crippen LogP contribution in [0.5, 0.6) is 5.75 Å². The predicted octanol–water partition coefficient (Wildman–Crippen LogP) is 2.41. The molecule has 4 atom stereocenters. The molecule has 1 unspecified atom stereocenters. The van der Waals surface area contributed by atoms with Gasteiger partial charge in [-0.05, 0) is 38.3 Å². The highest BCUT2D eigenvalue weighted by Crippen LogP contribution is 2.39. The third-order valence-corrected chi connectivity index (χ3v) is 6.38. The van der Waals surface area contributed by atoms with Crippen molar-refractivity contribution in [3.63, 3.8) is 0 Å². The van der Waals surface area contributed by atoms with Gasteiger partial charge in [-0.1, -0.05) is 0 Å². The van der Waals surface area contributed by atoms with Gasteiger partial charge in [0.2, 0.25) is 0 Å². The summed E-state index contributed by atoms with van der Waals surface area (Å²) in [6.07, 6.45) is 4.29. The molecule has 2 aromatic heterocycles. The summed E-state index contributed by atoms with van der Waals surface area (Å²) in [4.78, 5) is 18.0. The second-order valence-corrected chi connectivity index (χ2v) is 8.47. The van der Waals surface area contributed by atoms with E-state index in [2.05, 4.69) is 27.4 Å². The Morgan fingerprint density at radius 2 is 2.20 bits per heavy atom. The number of alkyl halides is 1. The number of aromatic hydroxyl groups is 1. The lowest BCUT2D eigenvalue weighted by Gasteiger charge is -2.43. The molecule has 2 fully saturated rings. The number of halogens is 1. The minimum atomic E-state index is -1.00. The largest absolute Gasteiger partial charge is 0.507 e. The van der Waals surface area contributed by atoms with E-state index in [4.69, 9.17) is 4.42 Å². The second-order valence-electron chi connectivity index (χ2n) is 8.47. The number of fused-ring (bicyclic) bond motifs is 3. The highest BCUT2D eigenvalue weighted by Gasteiger charge is 2.49. The van der Waals surface area contributed by atoms with Crippen molar-refractivity contribution in [3.8, 4) is 17.1 Å². The van der Waals surface area contributed by atoms with Crippen LogP contribution >= 0.6 is 0 Å². The summed E-state index contributed by atoms with van der Waals surface area (Å²) in [5.41, 5.74) is 0.306. The third-order valence-electron chi connectivity index (χ3n) is 6.38. The van der Waals surface area contributed by atoms with E-state index in [1.807, 2.05) is 0 Å². The summed E-state index contributed by atoms with van der Waals surface area (Å²) in [5, 5.41) is 22.4. The number of nitrogens with zero attached hydrogens (tertiary/aromatic N) is 4. The number of phenols is 1. The summed E-state index contributed by atoms with van der Waals surface area (Å²) in [7, 11) is 1.80. The van der Waals surface area contributed by atoms with Crippen molar-refractivity contribution in [1.82, 2.24) is 20.5 Å². The van der Waals surface area contributed by atoms with Crippen LogP contribution < -0.4 is 15.6 Å². The van der Waals surface area contributed by atoms with Gasteiger partial charge in [0.15, 0.2) is 17.1 Å². The van der Waals surface area contributed by atoms with E-state index in [1.165, 1.54) is 30.7 Å². The van der Waals surface area contributed by atoms with Gasteiger partial charge in [0.25, 0.3) is 0 Å². The van der Waals surface area contributed by atoms with E-state index >= 15 is 0 Å². The monoisotopic (exact) mass is 411 g/mol. The molecule has 2 saturated heterocycles. The number of nitrogens with one attached hydrogen (secondary N) is 1. The lowest BCUT2D eigenvalue weighted by molar-refractivity contribution is 0.144. The Bertz CT molecular complexity index is 1170. The van der Waals surface area contributed by atoms with Crippen LogP contribution in [0.4, 0.5) is 10.2 Å². The van der Waals surface area contributed by atoms with Crippen molar-refractivity contribution in [2.45, 2.75) is 50.0 Å². The molecule has 5 rings (SSSR count). The maximum atomic E-state index is 15.0. The molecule has 156 valence electrons. The Morgan fingerprint density at radius 3 is 2.97 bits per heavy atom. The summed E-state index contributed by atoms with van der Waals surface area (Å²) < 4.78 is 20.3. The summed E-state index contributed by atoms with van der Waals surface area (Å²) in [5.74, 6) is 0.505. The first-order chi connectivity index (χ1) is 14.3. The number of piperidine rings is 1. The fraction of sp³-hybridized carbons (Fsp3) is 0.429. The third kappa shape index (κ3) is 3.00. The van der Waals surface area contributed by atoms with E-state index in [0.717, 1.165) is 12.8 Å².